The van der Waals surface area contributed by atoms with Crippen LogP contribution in [-0.2, 0) is 32.9 Å². The molecule has 1 aliphatic rings. The second kappa shape index (κ2) is 33.2. The maximum Gasteiger partial charge on any atom is 0.469 e. The smallest absolute Gasteiger partial charge is 0.462 e. The topological polar surface area (TPSA) is 189 Å². The van der Waals surface area contributed by atoms with Gasteiger partial charge in [0.2, 0.25) is 0 Å². The van der Waals surface area contributed by atoms with Crippen molar-refractivity contribution in [3.63, 3.8) is 0 Å². The van der Waals surface area contributed by atoms with Crippen LogP contribution in [0.15, 0.2) is 24.3 Å². The molecule has 0 radical (unpaired) electrons. The summed E-state index contributed by atoms with van der Waals surface area (Å²) in [4.78, 5) is 43.1. The summed E-state index contributed by atoms with van der Waals surface area (Å²) >= 11 is 0. The van der Waals surface area contributed by atoms with Crippen LogP contribution in [0, 0.1) is 11.8 Å². The summed E-state index contributed by atoms with van der Waals surface area (Å²) in [7, 11) is -4.83. The average molecular weight is 819 g/mol. The molecule has 1 unspecified atom stereocenters. The molecule has 0 aromatic heterocycles. The van der Waals surface area contributed by atoms with Gasteiger partial charge in [0.05, 0.1) is 24.9 Å². The van der Waals surface area contributed by atoms with E-state index in [-0.39, 0.29) is 31.8 Å². The van der Waals surface area contributed by atoms with E-state index in [4.69, 9.17) is 24.0 Å². The van der Waals surface area contributed by atoms with Crippen molar-refractivity contribution in [2.75, 3.05) is 13.2 Å². The van der Waals surface area contributed by atoms with Crippen LogP contribution in [-0.4, -0.2) is 81.0 Å². The number of allylic oxidation sites excluding steroid dienone is 2. The summed E-state index contributed by atoms with van der Waals surface area (Å²) in [5.74, 6) is -0.577. The minimum Gasteiger partial charge on any atom is -0.462 e. The number of aliphatic hydroxyl groups excluding tert-OH is 3. The summed E-state index contributed by atoms with van der Waals surface area (Å²) in [5, 5.41) is 30.9. The number of esters is 2. The molecule has 0 aromatic rings. The minimum atomic E-state index is -4.83. The third-order valence-corrected chi connectivity index (χ3v) is 10.7. The Morgan fingerprint density at radius 2 is 1.34 bits per heavy atom. The fourth-order valence-electron chi connectivity index (χ4n) is 6.83. The maximum absolute atomic E-state index is 12.5. The van der Waals surface area contributed by atoms with Gasteiger partial charge in [-0.05, 0) is 38.0 Å². The molecule has 0 amide bonds. The predicted molar refractivity (Wildman–Crippen MR) is 219 cm³/mol. The first-order valence-electron chi connectivity index (χ1n) is 21.9. The van der Waals surface area contributed by atoms with E-state index in [1.807, 2.05) is 12.2 Å². The number of rotatable bonds is 35. The number of phosphoric acid groups is 1. The molecule has 1 saturated heterocycles. The monoisotopic (exact) mass is 819 g/mol. The molecule has 0 spiro atoms. The highest BCUT2D eigenvalue weighted by Crippen LogP contribution is 2.36. The molecule has 1 aliphatic heterocycles. The predicted octanol–water partition coefficient (Wildman–Crippen LogP) is 9.15. The van der Waals surface area contributed by atoms with Gasteiger partial charge in [0.15, 0.2) is 12.4 Å². The van der Waals surface area contributed by atoms with E-state index in [2.05, 4.69) is 25.3 Å². The average Bonchev–Trinajstić information content (AvgIpc) is 3.13. The van der Waals surface area contributed by atoms with Crippen LogP contribution in [0.2, 0.25) is 0 Å². The lowest BCUT2D eigenvalue weighted by molar-refractivity contribution is -0.199. The van der Waals surface area contributed by atoms with Crippen molar-refractivity contribution in [2.45, 2.75) is 212 Å². The van der Waals surface area contributed by atoms with Gasteiger partial charge in [0.25, 0.3) is 0 Å². The van der Waals surface area contributed by atoms with Crippen molar-refractivity contribution in [2.24, 2.45) is 11.8 Å². The summed E-state index contributed by atoms with van der Waals surface area (Å²) in [6.45, 7) is 5.69. The lowest BCUT2D eigenvalue weighted by Gasteiger charge is -2.36. The maximum atomic E-state index is 12.5. The second-order valence-corrected chi connectivity index (χ2v) is 17.3. The molecule has 0 aromatic carbocycles. The Labute approximate surface area is 338 Å². The van der Waals surface area contributed by atoms with E-state index in [0.717, 1.165) is 44.4 Å². The number of carbonyl (C=O) groups is 2. The van der Waals surface area contributed by atoms with E-state index < -0.39 is 57.1 Å². The van der Waals surface area contributed by atoms with Crippen LogP contribution in [0.3, 0.4) is 0 Å². The van der Waals surface area contributed by atoms with Gasteiger partial charge >= 0.3 is 19.8 Å². The number of hydrogen-bond acceptors (Lipinski definition) is 10. The highest BCUT2D eigenvalue weighted by atomic mass is 31.2. The lowest BCUT2D eigenvalue weighted by Crippen LogP contribution is -2.43. The molecule has 328 valence electrons. The molecule has 0 bridgehead atoms. The zero-order valence-electron chi connectivity index (χ0n) is 35.0. The van der Waals surface area contributed by atoms with E-state index in [1.54, 1.807) is 12.2 Å². The Balaban J connectivity index is 2.29. The number of unbranched alkanes of at least 4 members (excludes halogenated alkanes) is 16. The van der Waals surface area contributed by atoms with Gasteiger partial charge in [-0.3, -0.25) is 14.1 Å². The van der Waals surface area contributed by atoms with Gasteiger partial charge in [-0.15, -0.1) is 0 Å². The van der Waals surface area contributed by atoms with Crippen molar-refractivity contribution in [3.05, 3.63) is 24.3 Å². The Kier molecular flexibility index (Phi) is 31.1. The summed E-state index contributed by atoms with van der Waals surface area (Å²) in [6.07, 6.45) is 26.6. The quantitative estimate of drug-likeness (QED) is 0.0177. The fraction of sp³-hybridized carbons (Fsp3) is 0.860. The highest BCUT2D eigenvalue weighted by molar-refractivity contribution is 7.46. The van der Waals surface area contributed by atoms with Crippen LogP contribution in [0.25, 0.3) is 0 Å². The van der Waals surface area contributed by atoms with Gasteiger partial charge in [-0.25, -0.2) is 4.57 Å². The van der Waals surface area contributed by atoms with Gasteiger partial charge in [-0.1, -0.05) is 154 Å². The standard InChI is InChI=1S/C43H79O12P/c1-4-5-20-26-36(44)30-31-40-38(39(45)32-43(48)55-40)27-22-18-19-24-29-42(47)54-37(34-53-56(49,50)51)33-52-41(46)28-23-17-15-13-11-9-7-6-8-10-12-14-16-21-25-35(2)3/h18,22,30-31,35-40,43-45,48H,4-17,19-21,23-29,32-34H2,1-3H3,(H2,49,50,51)/b22-18-,31-30+/t36-,37+,38-,39-,40+,43?/m0/s1. The van der Waals surface area contributed by atoms with Crippen LogP contribution < -0.4 is 0 Å². The Morgan fingerprint density at radius 3 is 1.93 bits per heavy atom. The molecule has 12 nitrogen and oxygen atoms in total. The SMILES string of the molecule is CCCCC[C@H](O)/C=C/[C@H]1OC(O)C[C@H](O)[C@@H]1C/C=C\CCCC(=O)O[C@H](COC(=O)CCCCCCCCCCCCCCCCC(C)C)COP(=O)(O)O. The molecule has 0 aliphatic carbocycles. The zero-order valence-corrected chi connectivity index (χ0v) is 35.9. The van der Waals surface area contributed by atoms with Gasteiger partial charge < -0.3 is 39.3 Å². The zero-order chi connectivity index (χ0) is 41.4. The molecule has 0 saturated carbocycles. The van der Waals surface area contributed by atoms with E-state index in [0.29, 0.717) is 32.1 Å². The van der Waals surface area contributed by atoms with Crippen LogP contribution in [0.4, 0.5) is 0 Å². The first-order valence-corrected chi connectivity index (χ1v) is 23.4. The summed E-state index contributed by atoms with van der Waals surface area (Å²) in [5.41, 5.74) is 0. The van der Waals surface area contributed by atoms with Crippen LogP contribution >= 0.6 is 7.82 Å². The number of ether oxygens (including phenoxy) is 3. The molecule has 56 heavy (non-hydrogen) atoms. The fourth-order valence-corrected chi connectivity index (χ4v) is 7.19. The number of hydrogen-bond donors (Lipinski definition) is 5. The molecule has 1 rings (SSSR count). The van der Waals surface area contributed by atoms with Gasteiger partial charge in [-0.2, -0.15) is 0 Å². The van der Waals surface area contributed by atoms with Crippen LogP contribution in [0.5, 0.6) is 0 Å². The van der Waals surface area contributed by atoms with Crippen molar-refractivity contribution < 1.29 is 58.0 Å². The summed E-state index contributed by atoms with van der Waals surface area (Å²) < 4.78 is 32.1. The minimum absolute atomic E-state index is 0.0199. The molecule has 1 fully saturated rings. The largest absolute Gasteiger partial charge is 0.469 e. The molecule has 1 heterocycles. The first-order chi connectivity index (χ1) is 26.8. The Hall–Kier alpha value is -1.63. The Bertz CT molecular complexity index is 1090. The van der Waals surface area contributed by atoms with E-state index in [9.17, 15) is 29.5 Å². The lowest BCUT2D eigenvalue weighted by atomic mass is 9.87. The third kappa shape index (κ3) is 30.4. The number of carbonyl (C=O) groups excluding carboxylic acids is 2. The number of phosphoric ester groups is 1. The normalized spacial score (nSPS) is 20.2. The van der Waals surface area contributed by atoms with E-state index in [1.165, 1.54) is 70.6 Å². The van der Waals surface area contributed by atoms with E-state index >= 15 is 0 Å². The summed E-state index contributed by atoms with van der Waals surface area (Å²) in [6, 6.07) is 0. The molecule has 6 atom stereocenters. The van der Waals surface area contributed by atoms with Crippen molar-refractivity contribution in [3.8, 4) is 0 Å². The van der Waals surface area contributed by atoms with Crippen molar-refractivity contribution in [1.29, 1.82) is 0 Å². The number of aliphatic hydroxyl groups is 3. The van der Waals surface area contributed by atoms with Gasteiger partial charge in [0.1, 0.15) is 6.61 Å². The van der Waals surface area contributed by atoms with Gasteiger partial charge in [0, 0.05) is 25.2 Å². The first kappa shape index (κ1) is 52.4. The molecule has 5 N–H and O–H groups in total. The van der Waals surface area contributed by atoms with Crippen molar-refractivity contribution in [1.82, 2.24) is 0 Å². The van der Waals surface area contributed by atoms with Crippen LogP contribution in [0.1, 0.15) is 181 Å². The van der Waals surface area contributed by atoms with Crippen molar-refractivity contribution >= 4 is 19.8 Å². The Morgan fingerprint density at radius 1 is 0.768 bits per heavy atom. The molecule has 13 heteroatoms. The molecular formula is C43H79O12P. The molecular weight excluding hydrogens is 739 g/mol. The second-order valence-electron chi connectivity index (χ2n) is 16.0. The third-order valence-electron chi connectivity index (χ3n) is 10.2. The highest BCUT2D eigenvalue weighted by Gasteiger charge is 2.35.